The number of pyridine rings is 1. The Kier molecular flexibility index (Phi) is 5.92. The number of nitrogens with zero attached hydrogens (tertiary/aromatic N) is 5. The third-order valence-electron chi connectivity index (χ3n) is 5.41. The van der Waals surface area contributed by atoms with Gasteiger partial charge in [0.05, 0.1) is 17.1 Å². The lowest BCUT2D eigenvalue weighted by Gasteiger charge is -2.35. The van der Waals surface area contributed by atoms with E-state index in [1.807, 2.05) is 19.1 Å². The summed E-state index contributed by atoms with van der Waals surface area (Å²) in [7, 11) is 1.63. The van der Waals surface area contributed by atoms with E-state index in [0.717, 1.165) is 18.7 Å². The average Bonchev–Trinajstić information content (AvgIpc) is 2.98. The molecule has 0 radical (unpaired) electrons. The van der Waals surface area contributed by atoms with E-state index < -0.39 is 0 Å². The topological polar surface area (TPSA) is 81.4 Å². The van der Waals surface area contributed by atoms with Gasteiger partial charge in [0.25, 0.3) is 11.5 Å². The van der Waals surface area contributed by atoms with Crippen LogP contribution in [0.1, 0.15) is 11.1 Å². The first-order valence-corrected chi connectivity index (χ1v) is 10.9. The van der Waals surface area contributed by atoms with Crippen molar-refractivity contribution >= 4 is 51.7 Å². The van der Waals surface area contributed by atoms with Crippen LogP contribution >= 0.6 is 24.0 Å². The quantitative estimate of drug-likeness (QED) is 0.550. The number of aliphatic hydroxyl groups excluding tert-OH is 1. The molecule has 4 rings (SSSR count). The van der Waals surface area contributed by atoms with Gasteiger partial charge in [0, 0.05) is 46.0 Å². The van der Waals surface area contributed by atoms with Gasteiger partial charge in [0.1, 0.15) is 15.8 Å². The van der Waals surface area contributed by atoms with E-state index in [9.17, 15) is 14.7 Å². The van der Waals surface area contributed by atoms with Crippen molar-refractivity contribution in [1.29, 1.82) is 0 Å². The molecule has 1 amide bonds. The lowest BCUT2D eigenvalue weighted by molar-refractivity contribution is -0.121. The SMILES string of the molecule is Cc1cccn2c(=O)c(C=C3SC(=S)N(C)C3=O)c(N3CCN(CCO)CC3)nc12. The number of piperazine rings is 1. The Bertz CT molecular complexity index is 1110. The number of thioether (sulfide) groups is 1. The maximum absolute atomic E-state index is 13.4. The zero-order chi connectivity index (χ0) is 21.4. The number of β-amino-alcohol motifs (C(OH)–C–C–N with tert-alkyl or cyclic N) is 1. The number of fused-ring (bicyclic) bond motifs is 1. The first-order valence-electron chi connectivity index (χ1n) is 9.72. The number of anilines is 1. The van der Waals surface area contributed by atoms with Gasteiger partial charge in [-0.15, -0.1) is 0 Å². The highest BCUT2D eigenvalue weighted by Crippen LogP contribution is 2.32. The second-order valence-electron chi connectivity index (χ2n) is 7.33. The molecule has 2 saturated heterocycles. The number of aromatic nitrogens is 2. The Morgan fingerprint density at radius 1 is 1.27 bits per heavy atom. The Hall–Kier alpha value is -2.27. The summed E-state index contributed by atoms with van der Waals surface area (Å²) in [5.74, 6) is 0.372. The van der Waals surface area contributed by atoms with Crippen molar-refractivity contribution in [2.24, 2.45) is 0 Å². The summed E-state index contributed by atoms with van der Waals surface area (Å²) in [5.41, 5.74) is 1.69. The molecule has 0 bridgehead atoms. The molecule has 0 atom stereocenters. The lowest BCUT2D eigenvalue weighted by atomic mass is 10.2. The number of aliphatic hydroxyl groups is 1. The van der Waals surface area contributed by atoms with Gasteiger partial charge < -0.3 is 10.0 Å². The fraction of sp³-hybridized carbons (Fsp3) is 0.400. The van der Waals surface area contributed by atoms with E-state index in [2.05, 4.69) is 9.80 Å². The van der Waals surface area contributed by atoms with Crippen LogP contribution in [-0.2, 0) is 4.79 Å². The predicted octanol–water partition coefficient (Wildman–Crippen LogP) is 0.948. The highest BCUT2D eigenvalue weighted by molar-refractivity contribution is 8.26. The summed E-state index contributed by atoms with van der Waals surface area (Å²) in [5, 5.41) is 9.19. The first kappa shape index (κ1) is 21.0. The zero-order valence-electron chi connectivity index (χ0n) is 16.9. The summed E-state index contributed by atoms with van der Waals surface area (Å²) in [4.78, 5) is 36.9. The van der Waals surface area contributed by atoms with Gasteiger partial charge in [-0.2, -0.15) is 0 Å². The van der Waals surface area contributed by atoms with Gasteiger partial charge in [-0.3, -0.25) is 23.8 Å². The molecule has 30 heavy (non-hydrogen) atoms. The fourth-order valence-corrected chi connectivity index (χ4v) is 4.83. The number of likely N-dealkylation sites (N-methyl/N-ethyl adjacent to an activating group) is 1. The van der Waals surface area contributed by atoms with E-state index in [0.29, 0.717) is 45.9 Å². The summed E-state index contributed by atoms with van der Waals surface area (Å²) >= 11 is 6.42. The number of aryl methyl sites for hydroxylation is 1. The number of rotatable bonds is 4. The minimum absolute atomic E-state index is 0.124. The summed E-state index contributed by atoms with van der Waals surface area (Å²) in [6.07, 6.45) is 3.32. The van der Waals surface area contributed by atoms with E-state index in [1.54, 1.807) is 19.3 Å². The molecule has 158 valence electrons. The molecule has 10 heteroatoms. The van der Waals surface area contributed by atoms with Gasteiger partial charge in [0.15, 0.2) is 0 Å². The van der Waals surface area contributed by atoms with Crippen molar-refractivity contribution in [1.82, 2.24) is 19.2 Å². The number of hydrogen-bond acceptors (Lipinski definition) is 8. The number of hydrogen-bond donors (Lipinski definition) is 1. The van der Waals surface area contributed by atoms with Gasteiger partial charge >= 0.3 is 0 Å². The normalized spacial score (nSPS) is 19.5. The number of thiocarbonyl (C=S) groups is 1. The molecule has 2 aliphatic heterocycles. The number of carbonyl (C=O) groups excluding carboxylic acids is 1. The lowest BCUT2D eigenvalue weighted by Crippen LogP contribution is -2.48. The van der Waals surface area contributed by atoms with Crippen molar-refractivity contribution in [3.63, 3.8) is 0 Å². The summed E-state index contributed by atoms with van der Waals surface area (Å²) in [6, 6.07) is 3.74. The molecule has 1 N–H and O–H groups in total. The van der Waals surface area contributed by atoms with Gasteiger partial charge in [-0.1, -0.05) is 30.0 Å². The van der Waals surface area contributed by atoms with Crippen LogP contribution in [0.4, 0.5) is 5.82 Å². The first-order chi connectivity index (χ1) is 14.4. The second-order valence-corrected chi connectivity index (χ2v) is 9.01. The molecule has 0 aromatic carbocycles. The predicted molar refractivity (Wildman–Crippen MR) is 123 cm³/mol. The Balaban J connectivity index is 1.83. The Labute approximate surface area is 183 Å². The molecular weight excluding hydrogens is 422 g/mol. The summed E-state index contributed by atoms with van der Waals surface area (Å²) < 4.78 is 1.99. The minimum Gasteiger partial charge on any atom is -0.395 e. The van der Waals surface area contributed by atoms with Gasteiger partial charge in [-0.05, 0) is 24.6 Å². The highest BCUT2D eigenvalue weighted by atomic mass is 32.2. The monoisotopic (exact) mass is 445 g/mol. The average molecular weight is 446 g/mol. The molecule has 0 spiro atoms. The molecule has 4 heterocycles. The third-order valence-corrected chi connectivity index (χ3v) is 6.90. The molecule has 0 saturated carbocycles. The van der Waals surface area contributed by atoms with E-state index in [1.165, 1.54) is 21.1 Å². The molecule has 2 fully saturated rings. The Morgan fingerprint density at radius 2 is 2.00 bits per heavy atom. The van der Waals surface area contributed by atoms with Crippen LogP contribution in [0.5, 0.6) is 0 Å². The third kappa shape index (κ3) is 3.76. The maximum atomic E-state index is 13.4. The van der Waals surface area contributed by atoms with Crippen LogP contribution in [-0.4, -0.2) is 80.9 Å². The summed E-state index contributed by atoms with van der Waals surface area (Å²) in [6.45, 7) is 5.59. The molecule has 2 aromatic rings. The van der Waals surface area contributed by atoms with Gasteiger partial charge in [0.2, 0.25) is 0 Å². The molecule has 8 nitrogen and oxygen atoms in total. The van der Waals surface area contributed by atoms with E-state index >= 15 is 0 Å². The number of amides is 1. The van der Waals surface area contributed by atoms with Crippen LogP contribution in [0.15, 0.2) is 28.0 Å². The van der Waals surface area contributed by atoms with Crippen molar-refractivity contribution in [3.05, 3.63) is 44.7 Å². The van der Waals surface area contributed by atoms with Crippen molar-refractivity contribution in [3.8, 4) is 0 Å². The molecule has 0 aliphatic carbocycles. The van der Waals surface area contributed by atoms with Crippen LogP contribution in [0.2, 0.25) is 0 Å². The molecule has 2 aromatic heterocycles. The van der Waals surface area contributed by atoms with E-state index in [-0.39, 0.29) is 18.1 Å². The van der Waals surface area contributed by atoms with Gasteiger partial charge in [-0.25, -0.2) is 4.98 Å². The Morgan fingerprint density at radius 3 is 2.63 bits per heavy atom. The highest BCUT2D eigenvalue weighted by Gasteiger charge is 2.30. The standard InChI is InChI=1S/C20H23N5O3S2/c1-13-4-3-5-25-16(13)21-17(24-8-6-23(7-9-24)10-11-26)14(18(25)27)12-15-19(28)22(2)20(29)30-15/h3-5,12,26H,6-11H2,1-2H3. The zero-order valence-corrected chi connectivity index (χ0v) is 18.5. The smallest absolute Gasteiger partial charge is 0.267 e. The van der Waals surface area contributed by atoms with Crippen molar-refractivity contribution in [2.45, 2.75) is 6.92 Å². The minimum atomic E-state index is -0.211. The van der Waals surface area contributed by atoms with E-state index in [4.69, 9.17) is 17.2 Å². The van der Waals surface area contributed by atoms with Crippen LogP contribution < -0.4 is 10.5 Å². The molecular formula is C20H23N5O3S2. The second kappa shape index (κ2) is 8.46. The largest absolute Gasteiger partial charge is 0.395 e. The maximum Gasteiger partial charge on any atom is 0.267 e. The molecule has 0 unspecified atom stereocenters. The van der Waals surface area contributed by atoms with Crippen LogP contribution in [0, 0.1) is 6.92 Å². The van der Waals surface area contributed by atoms with Crippen LogP contribution in [0.3, 0.4) is 0 Å². The fourth-order valence-electron chi connectivity index (χ4n) is 3.67. The number of carbonyl (C=O) groups is 1. The van der Waals surface area contributed by atoms with Crippen molar-refractivity contribution < 1.29 is 9.90 Å². The van der Waals surface area contributed by atoms with Crippen LogP contribution in [0.25, 0.3) is 11.7 Å². The van der Waals surface area contributed by atoms with Crippen molar-refractivity contribution in [2.75, 3.05) is 51.3 Å². The molecule has 2 aliphatic rings.